The van der Waals surface area contributed by atoms with Gasteiger partial charge in [0.15, 0.2) is 0 Å². The average Bonchev–Trinajstić information content (AvgIpc) is 2.43. The topological polar surface area (TPSA) is 0 Å². The van der Waals surface area contributed by atoms with Crippen LogP contribution in [0.15, 0.2) is 29.2 Å². The van der Waals surface area contributed by atoms with Crippen molar-refractivity contribution in [3.63, 3.8) is 0 Å². The minimum Gasteiger partial charge on any atom is -0.780 e. The molecule has 0 radical (unpaired) electrons. The van der Waals surface area contributed by atoms with Gasteiger partial charge in [-0.25, -0.2) is 0 Å². The Morgan fingerprint density at radius 1 is 0.700 bits per heavy atom. The van der Waals surface area contributed by atoms with E-state index in [1.54, 1.807) is 0 Å². The Labute approximate surface area is 153 Å². The number of rotatable bonds is 11. The summed E-state index contributed by atoms with van der Waals surface area (Å²) < 4.78 is 0. The third-order valence-corrected chi connectivity index (χ3v) is 4.01. The van der Waals surface area contributed by atoms with Crippen LogP contribution in [-0.4, -0.2) is 0 Å². The van der Waals surface area contributed by atoms with Gasteiger partial charge in [0.2, 0.25) is 0 Å². The molecule has 0 atom stereocenters. The van der Waals surface area contributed by atoms with Crippen LogP contribution in [0, 0.1) is 0 Å². The van der Waals surface area contributed by atoms with Crippen LogP contribution in [0.4, 0.5) is 0 Å². The first kappa shape index (κ1) is 20.4. The van der Waals surface area contributed by atoms with E-state index in [0.717, 1.165) is 4.90 Å². The molecule has 0 aliphatic heterocycles. The molecule has 0 aliphatic carbocycles. The predicted octanol–water partition coefficient (Wildman–Crippen LogP) is 3.06. The Hall–Kier alpha value is 0.440. The molecule has 0 saturated heterocycles. The third kappa shape index (κ3) is 11.1. The molecule has 0 aromatic heterocycles. The van der Waals surface area contributed by atoms with Crippen LogP contribution in [0.2, 0.25) is 0 Å². The van der Waals surface area contributed by atoms with Crippen molar-refractivity contribution in [3.05, 3.63) is 29.8 Å². The number of aryl methyl sites for hydroxylation is 1. The first-order valence-corrected chi connectivity index (χ1v) is 8.49. The van der Waals surface area contributed by atoms with Gasteiger partial charge < -0.3 is 12.6 Å². The molecule has 1 aromatic rings. The quantitative estimate of drug-likeness (QED) is 0.344. The average molecular weight is 300 g/mol. The van der Waals surface area contributed by atoms with Gasteiger partial charge in [-0.2, -0.15) is 4.90 Å². The number of hydrogen-bond donors (Lipinski definition) is 0. The second-order valence-corrected chi connectivity index (χ2v) is 6.05. The van der Waals surface area contributed by atoms with E-state index in [4.69, 9.17) is 12.6 Å². The maximum atomic E-state index is 5.09. The standard InChI is InChI=1S/C18H30S.Na/c1-2-3-4-5-6-7-8-9-10-11-12-17-13-15-18(19)16-14-17;/h13-16,19H,2-12H2,1H3;/q;+1/p-1. The molecule has 0 bridgehead atoms. The summed E-state index contributed by atoms with van der Waals surface area (Å²) in [6, 6.07) is 8.44. The Morgan fingerprint density at radius 2 is 1.15 bits per heavy atom. The van der Waals surface area contributed by atoms with E-state index in [9.17, 15) is 0 Å². The van der Waals surface area contributed by atoms with Crippen molar-refractivity contribution in [2.75, 3.05) is 0 Å². The van der Waals surface area contributed by atoms with E-state index in [2.05, 4.69) is 19.1 Å². The number of hydrogen-bond acceptors (Lipinski definition) is 1. The summed E-state index contributed by atoms with van der Waals surface area (Å²) in [5, 5.41) is 0. The van der Waals surface area contributed by atoms with Crippen LogP contribution in [0.1, 0.15) is 76.7 Å². The zero-order valence-corrected chi connectivity index (χ0v) is 16.3. The number of benzene rings is 1. The second kappa shape index (κ2) is 14.4. The van der Waals surface area contributed by atoms with Gasteiger partial charge in [0.1, 0.15) is 0 Å². The molecule has 0 spiro atoms. The van der Waals surface area contributed by atoms with E-state index in [-0.39, 0.29) is 29.6 Å². The van der Waals surface area contributed by atoms with Crippen molar-refractivity contribution >= 4 is 12.6 Å². The molecule has 0 aliphatic rings. The molecule has 0 amide bonds. The van der Waals surface area contributed by atoms with Gasteiger partial charge >= 0.3 is 29.6 Å². The zero-order chi connectivity index (χ0) is 13.8. The fourth-order valence-electron chi connectivity index (χ4n) is 2.47. The minimum atomic E-state index is 0. The molecule has 20 heavy (non-hydrogen) atoms. The Kier molecular flexibility index (Phi) is 14.7. The van der Waals surface area contributed by atoms with Crippen LogP contribution in [0.3, 0.4) is 0 Å². The molecule has 0 saturated carbocycles. The Balaban J connectivity index is 0.00000361. The third-order valence-electron chi connectivity index (χ3n) is 3.74. The Morgan fingerprint density at radius 3 is 1.65 bits per heavy atom. The van der Waals surface area contributed by atoms with Gasteiger partial charge in [-0.15, -0.1) is 0 Å². The van der Waals surface area contributed by atoms with Crippen molar-refractivity contribution in [2.45, 2.75) is 82.4 Å². The van der Waals surface area contributed by atoms with E-state index >= 15 is 0 Å². The fraction of sp³-hybridized carbons (Fsp3) is 0.667. The molecule has 0 N–H and O–H groups in total. The Bertz CT molecular complexity index is 308. The van der Waals surface area contributed by atoms with Crippen LogP contribution in [0.25, 0.3) is 0 Å². The molecule has 1 rings (SSSR count). The largest absolute Gasteiger partial charge is 1.00 e. The molecule has 2 heteroatoms. The van der Waals surface area contributed by atoms with E-state index in [0.29, 0.717) is 0 Å². The fourth-order valence-corrected chi connectivity index (χ4v) is 2.61. The van der Waals surface area contributed by atoms with Crippen molar-refractivity contribution in [2.24, 2.45) is 0 Å². The second-order valence-electron chi connectivity index (χ2n) is 5.58. The zero-order valence-electron chi connectivity index (χ0n) is 13.5. The van der Waals surface area contributed by atoms with E-state index in [1.807, 2.05) is 12.1 Å². The SMILES string of the molecule is CCCCCCCCCCCCc1ccc([S-])cc1.[Na+]. The first-order chi connectivity index (χ1) is 9.33. The van der Waals surface area contributed by atoms with Gasteiger partial charge in [-0.3, -0.25) is 0 Å². The summed E-state index contributed by atoms with van der Waals surface area (Å²) in [7, 11) is 0. The first-order valence-electron chi connectivity index (χ1n) is 8.09. The normalized spacial score (nSPS) is 10.2. The van der Waals surface area contributed by atoms with Crippen LogP contribution in [0.5, 0.6) is 0 Å². The van der Waals surface area contributed by atoms with Crippen LogP contribution < -0.4 is 29.6 Å². The van der Waals surface area contributed by atoms with Gasteiger partial charge in [-0.1, -0.05) is 89.0 Å². The molecule has 0 fully saturated rings. The predicted molar refractivity (Wildman–Crippen MR) is 87.6 cm³/mol. The van der Waals surface area contributed by atoms with Gasteiger partial charge in [0, 0.05) is 0 Å². The van der Waals surface area contributed by atoms with Crippen molar-refractivity contribution in [1.29, 1.82) is 0 Å². The minimum absolute atomic E-state index is 0. The molecular weight excluding hydrogens is 271 g/mol. The summed E-state index contributed by atoms with van der Waals surface area (Å²) >= 11 is 5.09. The van der Waals surface area contributed by atoms with E-state index < -0.39 is 0 Å². The van der Waals surface area contributed by atoms with Crippen molar-refractivity contribution in [1.82, 2.24) is 0 Å². The maximum absolute atomic E-state index is 5.09. The summed E-state index contributed by atoms with van der Waals surface area (Å²) in [5.74, 6) is 0. The number of unbranched alkanes of at least 4 members (excludes halogenated alkanes) is 9. The van der Waals surface area contributed by atoms with Gasteiger partial charge in [0.25, 0.3) is 0 Å². The summed E-state index contributed by atoms with van der Waals surface area (Å²) in [6.07, 6.45) is 15.3. The monoisotopic (exact) mass is 300 g/mol. The summed E-state index contributed by atoms with van der Waals surface area (Å²) in [5.41, 5.74) is 1.44. The summed E-state index contributed by atoms with van der Waals surface area (Å²) in [6.45, 7) is 2.28. The molecular formula is C18H29NaS. The van der Waals surface area contributed by atoms with Crippen molar-refractivity contribution in [3.8, 4) is 0 Å². The van der Waals surface area contributed by atoms with Crippen molar-refractivity contribution < 1.29 is 29.6 Å². The molecule has 0 nitrogen and oxygen atoms in total. The van der Waals surface area contributed by atoms with Gasteiger partial charge in [0.05, 0.1) is 0 Å². The maximum Gasteiger partial charge on any atom is 1.00 e. The molecule has 1 aromatic carbocycles. The molecule has 108 valence electrons. The van der Waals surface area contributed by atoms with Crippen LogP contribution in [-0.2, 0) is 19.0 Å². The van der Waals surface area contributed by atoms with Gasteiger partial charge in [-0.05, 0) is 18.4 Å². The molecule has 0 unspecified atom stereocenters. The van der Waals surface area contributed by atoms with E-state index in [1.165, 1.54) is 76.2 Å². The molecule has 0 heterocycles. The van der Waals surface area contributed by atoms with Crippen LogP contribution >= 0.6 is 0 Å². The smallest absolute Gasteiger partial charge is 0.780 e. The summed E-state index contributed by atoms with van der Waals surface area (Å²) in [4.78, 5) is 0.951.